The summed E-state index contributed by atoms with van der Waals surface area (Å²) in [4.78, 5) is 14.7. The minimum atomic E-state index is 0.613. The first-order chi connectivity index (χ1) is 12.7. The molecule has 0 saturated carbocycles. The highest BCUT2D eigenvalue weighted by atomic mass is 15.3. The van der Waals surface area contributed by atoms with Gasteiger partial charge in [-0.15, -0.1) is 5.10 Å². The molecule has 26 heavy (non-hydrogen) atoms. The van der Waals surface area contributed by atoms with Gasteiger partial charge in [0, 0.05) is 25.6 Å². The number of nitrogens with zero attached hydrogens (tertiary/aromatic N) is 5. The summed E-state index contributed by atoms with van der Waals surface area (Å²) in [6.45, 7) is 2.82. The van der Waals surface area contributed by atoms with E-state index in [0.717, 1.165) is 41.1 Å². The molecule has 0 aliphatic heterocycles. The minimum Gasteiger partial charge on any atom is -0.342 e. The molecular weight excluding hydrogens is 324 g/mol. The van der Waals surface area contributed by atoms with E-state index in [2.05, 4.69) is 44.2 Å². The van der Waals surface area contributed by atoms with Crippen LogP contribution in [-0.4, -0.2) is 38.7 Å². The second-order valence-electron chi connectivity index (χ2n) is 6.33. The maximum atomic E-state index is 4.68. The number of likely N-dealkylation sites (N-methyl/N-ethyl adjacent to an activating group) is 1. The van der Waals surface area contributed by atoms with Gasteiger partial charge in [-0.1, -0.05) is 36.4 Å². The molecule has 1 N–H and O–H groups in total. The highest BCUT2D eigenvalue weighted by Gasteiger charge is 2.10. The quantitative estimate of drug-likeness (QED) is 0.601. The smallest absolute Gasteiger partial charge is 0.245 e. The van der Waals surface area contributed by atoms with Crippen molar-refractivity contribution in [3.63, 3.8) is 0 Å². The van der Waals surface area contributed by atoms with Crippen molar-refractivity contribution in [3.05, 3.63) is 66.1 Å². The van der Waals surface area contributed by atoms with Crippen LogP contribution in [0.3, 0.4) is 0 Å². The lowest BCUT2D eigenvalue weighted by molar-refractivity contribution is 0.792. The summed E-state index contributed by atoms with van der Waals surface area (Å²) in [5.74, 6) is 1.57. The zero-order chi connectivity index (χ0) is 17.9. The van der Waals surface area contributed by atoms with Gasteiger partial charge in [-0.3, -0.25) is 0 Å². The molecule has 0 amide bonds. The Hall–Kier alpha value is -3.28. The first-order valence-corrected chi connectivity index (χ1v) is 8.61. The molecule has 2 heterocycles. The van der Waals surface area contributed by atoms with Crippen LogP contribution >= 0.6 is 0 Å². The highest BCUT2D eigenvalue weighted by Crippen LogP contribution is 2.21. The third-order valence-corrected chi connectivity index (χ3v) is 4.43. The normalized spacial score (nSPS) is 11.0. The molecule has 0 radical (unpaired) electrons. The Morgan fingerprint density at radius 3 is 2.65 bits per heavy atom. The molecule has 4 rings (SSSR count). The van der Waals surface area contributed by atoms with E-state index in [-0.39, 0.29) is 0 Å². The van der Waals surface area contributed by atoms with Crippen molar-refractivity contribution in [2.75, 3.05) is 18.5 Å². The van der Waals surface area contributed by atoms with Gasteiger partial charge < -0.3 is 9.88 Å². The number of aromatic amines is 1. The number of hydrogen-bond donors (Lipinski definition) is 1. The van der Waals surface area contributed by atoms with Crippen molar-refractivity contribution in [3.8, 4) is 11.3 Å². The van der Waals surface area contributed by atoms with Crippen molar-refractivity contribution in [2.45, 2.75) is 13.3 Å². The number of nitrogens with one attached hydrogen (secondary N) is 1. The molecule has 6 nitrogen and oxygen atoms in total. The number of benzene rings is 2. The van der Waals surface area contributed by atoms with Crippen LogP contribution in [0.25, 0.3) is 22.3 Å². The Balaban J connectivity index is 1.50. The maximum Gasteiger partial charge on any atom is 0.245 e. The molecule has 0 aliphatic carbocycles. The van der Waals surface area contributed by atoms with Gasteiger partial charge in [0.15, 0.2) is 0 Å². The lowest BCUT2D eigenvalue weighted by atomic mass is 10.1. The lowest BCUT2D eigenvalue weighted by Crippen LogP contribution is -2.23. The molecule has 0 spiro atoms. The van der Waals surface area contributed by atoms with Gasteiger partial charge in [0.2, 0.25) is 5.95 Å². The van der Waals surface area contributed by atoms with Gasteiger partial charge >= 0.3 is 0 Å². The van der Waals surface area contributed by atoms with Gasteiger partial charge in [-0.25, -0.2) is 9.97 Å². The monoisotopic (exact) mass is 344 g/mol. The van der Waals surface area contributed by atoms with E-state index in [9.17, 15) is 0 Å². The topological polar surface area (TPSA) is 70.6 Å². The van der Waals surface area contributed by atoms with Gasteiger partial charge in [0.05, 0.1) is 22.9 Å². The summed E-state index contributed by atoms with van der Waals surface area (Å²) < 4.78 is 0. The average molecular weight is 344 g/mol. The standard InChI is InChI=1S/C20H20N6/c1-14-7-3-4-8-15(14)18-13-21-25-20(24-18)26(2)12-11-19-22-16-9-5-6-10-17(16)23-19/h3-10,13H,11-12H2,1-2H3,(H,22,23). The van der Waals surface area contributed by atoms with Crippen molar-refractivity contribution in [2.24, 2.45) is 0 Å². The number of H-pyrrole nitrogens is 1. The Morgan fingerprint density at radius 2 is 1.81 bits per heavy atom. The van der Waals surface area contributed by atoms with Crippen molar-refractivity contribution < 1.29 is 0 Å². The highest BCUT2D eigenvalue weighted by molar-refractivity contribution is 5.74. The molecule has 6 heteroatoms. The molecule has 4 aromatic rings. The van der Waals surface area contributed by atoms with Gasteiger partial charge in [0.25, 0.3) is 0 Å². The fourth-order valence-electron chi connectivity index (χ4n) is 2.94. The number of rotatable bonds is 5. The predicted molar refractivity (Wildman–Crippen MR) is 103 cm³/mol. The summed E-state index contributed by atoms with van der Waals surface area (Å²) >= 11 is 0. The second-order valence-corrected chi connectivity index (χ2v) is 6.33. The molecule has 0 aliphatic rings. The molecule has 0 unspecified atom stereocenters. The number of aromatic nitrogens is 5. The predicted octanol–water partition coefficient (Wildman–Crippen LogP) is 3.40. The SMILES string of the molecule is Cc1ccccc1-c1cnnc(N(C)CCc2nc3ccccc3[nH]2)n1. The van der Waals surface area contributed by atoms with Crippen LogP contribution in [0, 0.1) is 6.92 Å². The van der Waals surface area contributed by atoms with Gasteiger partial charge in [-0.2, -0.15) is 5.10 Å². The fraction of sp³-hybridized carbons (Fsp3) is 0.200. The van der Waals surface area contributed by atoms with Crippen LogP contribution in [0.2, 0.25) is 0 Å². The number of imidazole rings is 1. The Labute approximate surface area is 152 Å². The van der Waals surface area contributed by atoms with E-state index in [4.69, 9.17) is 0 Å². The second kappa shape index (κ2) is 6.92. The number of aryl methyl sites for hydroxylation is 1. The van der Waals surface area contributed by atoms with Crippen LogP contribution in [0.1, 0.15) is 11.4 Å². The maximum absolute atomic E-state index is 4.68. The summed E-state index contributed by atoms with van der Waals surface area (Å²) in [6.07, 6.45) is 2.49. The van der Waals surface area contributed by atoms with Crippen LogP contribution in [0.15, 0.2) is 54.7 Å². The summed E-state index contributed by atoms with van der Waals surface area (Å²) in [5, 5.41) is 8.32. The van der Waals surface area contributed by atoms with E-state index in [1.807, 2.05) is 48.3 Å². The number of hydrogen-bond acceptors (Lipinski definition) is 5. The van der Waals surface area contributed by atoms with Crippen LogP contribution < -0.4 is 4.90 Å². The molecule has 0 atom stereocenters. The number of fused-ring (bicyclic) bond motifs is 1. The van der Waals surface area contributed by atoms with E-state index < -0.39 is 0 Å². The summed E-state index contributed by atoms with van der Waals surface area (Å²) in [5.41, 5.74) is 5.14. The van der Waals surface area contributed by atoms with Crippen molar-refractivity contribution in [1.29, 1.82) is 0 Å². The molecule has 0 bridgehead atoms. The van der Waals surface area contributed by atoms with E-state index in [1.165, 1.54) is 5.56 Å². The molecule has 0 saturated heterocycles. The van der Waals surface area contributed by atoms with Crippen LogP contribution in [-0.2, 0) is 6.42 Å². The van der Waals surface area contributed by atoms with E-state index in [0.29, 0.717) is 5.95 Å². The van der Waals surface area contributed by atoms with Crippen LogP contribution in [0.5, 0.6) is 0 Å². The Kier molecular flexibility index (Phi) is 4.31. The number of anilines is 1. The molecule has 0 fully saturated rings. The molecule has 2 aromatic carbocycles. The van der Waals surface area contributed by atoms with Gasteiger partial charge in [-0.05, 0) is 24.6 Å². The Bertz CT molecular complexity index is 1010. The van der Waals surface area contributed by atoms with Crippen LogP contribution in [0.4, 0.5) is 5.95 Å². The third kappa shape index (κ3) is 3.26. The number of para-hydroxylation sites is 2. The van der Waals surface area contributed by atoms with E-state index in [1.54, 1.807) is 6.20 Å². The van der Waals surface area contributed by atoms with Crippen molar-refractivity contribution in [1.82, 2.24) is 25.1 Å². The summed E-state index contributed by atoms with van der Waals surface area (Å²) in [7, 11) is 1.97. The van der Waals surface area contributed by atoms with E-state index >= 15 is 0 Å². The average Bonchev–Trinajstić information content (AvgIpc) is 3.09. The van der Waals surface area contributed by atoms with Gasteiger partial charge in [0.1, 0.15) is 5.82 Å². The zero-order valence-corrected chi connectivity index (χ0v) is 14.8. The van der Waals surface area contributed by atoms with Crippen molar-refractivity contribution >= 4 is 17.0 Å². The first kappa shape index (κ1) is 16.2. The lowest BCUT2D eigenvalue weighted by Gasteiger charge is -2.16. The molecule has 130 valence electrons. The fourth-order valence-corrected chi connectivity index (χ4v) is 2.94. The largest absolute Gasteiger partial charge is 0.342 e. The third-order valence-electron chi connectivity index (χ3n) is 4.43. The molecule has 2 aromatic heterocycles. The Morgan fingerprint density at radius 1 is 1.00 bits per heavy atom. The first-order valence-electron chi connectivity index (χ1n) is 8.61. The molecular formula is C20H20N6. The zero-order valence-electron chi connectivity index (χ0n) is 14.8. The summed E-state index contributed by atoms with van der Waals surface area (Å²) in [6, 6.07) is 16.2. The minimum absolute atomic E-state index is 0.613.